The minimum absolute atomic E-state index is 0.00345. The Morgan fingerprint density at radius 2 is 2.00 bits per heavy atom. The van der Waals surface area contributed by atoms with Crippen LogP contribution in [-0.2, 0) is 6.18 Å². The number of benzene rings is 1. The van der Waals surface area contributed by atoms with Crippen LogP contribution in [0.1, 0.15) is 41.0 Å². The summed E-state index contributed by atoms with van der Waals surface area (Å²) >= 11 is 0. The standard InChI is InChI=1S/C23H18F4N6O2/c1-10-2-19-20(11-3-13(24)12(23(25,26)27)4-18(11)35-19)32(8-10)22(34)14-5-16-15(6-30-14)31-21(28)17-7-29-9-33(16)17/h3-7,9-10,19-20H,2,8H2,1H3,(H2,28,31)/t10-,19+,20+/m1/s1. The van der Waals surface area contributed by atoms with Crippen molar-refractivity contribution in [1.29, 1.82) is 0 Å². The van der Waals surface area contributed by atoms with Gasteiger partial charge in [0.15, 0.2) is 0 Å². The second kappa shape index (κ2) is 7.27. The zero-order valence-electron chi connectivity index (χ0n) is 18.3. The first-order valence-electron chi connectivity index (χ1n) is 10.9. The molecule has 0 radical (unpaired) electrons. The lowest BCUT2D eigenvalue weighted by Crippen LogP contribution is -2.47. The lowest BCUT2D eigenvalue weighted by Gasteiger charge is -2.39. The molecular formula is C23H18F4N6O2. The summed E-state index contributed by atoms with van der Waals surface area (Å²) in [4.78, 5) is 27.8. The highest BCUT2D eigenvalue weighted by molar-refractivity contribution is 5.96. The summed E-state index contributed by atoms with van der Waals surface area (Å²) in [5.74, 6) is -1.64. The molecule has 180 valence electrons. The molecule has 0 aliphatic carbocycles. The minimum atomic E-state index is -4.86. The predicted molar refractivity (Wildman–Crippen MR) is 116 cm³/mol. The number of pyridine rings is 1. The van der Waals surface area contributed by atoms with Crippen molar-refractivity contribution < 1.29 is 27.1 Å². The van der Waals surface area contributed by atoms with Crippen molar-refractivity contribution in [3.63, 3.8) is 0 Å². The van der Waals surface area contributed by atoms with E-state index in [4.69, 9.17) is 10.5 Å². The number of anilines is 1. The number of nitrogens with two attached hydrogens (primary N) is 1. The highest BCUT2D eigenvalue weighted by Gasteiger charge is 2.47. The number of hydrogen-bond donors (Lipinski definition) is 1. The Hall–Kier alpha value is -3.96. The summed E-state index contributed by atoms with van der Waals surface area (Å²) in [5.41, 5.74) is 6.49. The van der Waals surface area contributed by atoms with E-state index in [0.29, 0.717) is 35.6 Å². The molecule has 0 spiro atoms. The number of imidazole rings is 1. The van der Waals surface area contributed by atoms with Crippen molar-refractivity contribution in [2.45, 2.75) is 31.7 Å². The number of rotatable bonds is 1. The first kappa shape index (κ1) is 21.6. The largest absolute Gasteiger partial charge is 0.488 e. The van der Waals surface area contributed by atoms with Gasteiger partial charge in [-0.25, -0.2) is 19.3 Å². The molecule has 8 nitrogen and oxygen atoms in total. The number of nitrogens with zero attached hydrogens (tertiary/aromatic N) is 5. The number of likely N-dealkylation sites (tertiary alicyclic amines) is 1. The maximum absolute atomic E-state index is 14.4. The Morgan fingerprint density at radius 3 is 2.77 bits per heavy atom. The Morgan fingerprint density at radius 1 is 1.20 bits per heavy atom. The number of ether oxygens (including phenoxy) is 1. The van der Waals surface area contributed by atoms with Gasteiger partial charge >= 0.3 is 6.18 Å². The van der Waals surface area contributed by atoms with Crippen LogP contribution in [0.4, 0.5) is 23.4 Å². The van der Waals surface area contributed by atoms with Gasteiger partial charge in [-0.05, 0) is 30.5 Å². The zero-order valence-corrected chi connectivity index (χ0v) is 18.3. The molecule has 5 heterocycles. The van der Waals surface area contributed by atoms with E-state index in [1.165, 1.54) is 11.1 Å². The van der Waals surface area contributed by atoms with Gasteiger partial charge in [0.25, 0.3) is 5.91 Å². The Bertz CT molecular complexity index is 1520. The highest BCUT2D eigenvalue weighted by atomic mass is 19.4. The fraction of sp³-hybridized carbons (Fsp3) is 0.304. The van der Waals surface area contributed by atoms with Gasteiger partial charge in [-0.2, -0.15) is 13.2 Å². The summed E-state index contributed by atoms with van der Waals surface area (Å²) in [7, 11) is 0. The second-order valence-electron chi connectivity index (χ2n) is 8.97. The van der Waals surface area contributed by atoms with E-state index < -0.39 is 35.6 Å². The molecule has 6 rings (SSSR count). The number of alkyl halides is 3. The van der Waals surface area contributed by atoms with Crippen LogP contribution in [0.2, 0.25) is 0 Å². The summed E-state index contributed by atoms with van der Waals surface area (Å²) in [6.45, 7) is 2.23. The van der Waals surface area contributed by atoms with Crippen LogP contribution in [0.15, 0.2) is 36.9 Å². The average Bonchev–Trinajstić information content (AvgIpc) is 3.42. The van der Waals surface area contributed by atoms with E-state index in [1.807, 2.05) is 6.92 Å². The molecule has 2 aliphatic rings. The van der Waals surface area contributed by atoms with Gasteiger partial charge in [-0.15, -0.1) is 0 Å². The summed E-state index contributed by atoms with van der Waals surface area (Å²) in [6, 6.07) is 2.34. The van der Waals surface area contributed by atoms with Crippen LogP contribution in [-0.4, -0.2) is 42.8 Å². The maximum atomic E-state index is 14.4. The molecule has 12 heteroatoms. The van der Waals surface area contributed by atoms with Gasteiger partial charge in [-0.1, -0.05) is 6.92 Å². The van der Waals surface area contributed by atoms with Crippen molar-refractivity contribution >= 4 is 28.3 Å². The topological polar surface area (TPSA) is 98.6 Å². The fourth-order valence-corrected chi connectivity index (χ4v) is 5.07. The first-order chi connectivity index (χ1) is 16.6. The lowest BCUT2D eigenvalue weighted by atomic mass is 9.88. The normalized spacial score (nSPS) is 21.7. The number of carbonyl (C=O) groups is 1. The number of aromatic nitrogens is 4. The molecule has 1 fully saturated rings. The summed E-state index contributed by atoms with van der Waals surface area (Å²) < 4.78 is 61.6. The van der Waals surface area contributed by atoms with Crippen molar-refractivity contribution in [3.8, 4) is 5.75 Å². The van der Waals surface area contributed by atoms with Crippen molar-refractivity contribution in [1.82, 2.24) is 24.3 Å². The second-order valence-corrected chi connectivity index (χ2v) is 8.97. The van der Waals surface area contributed by atoms with Gasteiger partial charge in [0.05, 0.1) is 35.8 Å². The quantitative estimate of drug-likeness (QED) is 0.409. The molecule has 4 aromatic rings. The Balaban J connectivity index is 1.43. The molecule has 2 N–H and O–H groups in total. The number of carbonyl (C=O) groups excluding carboxylic acids is 1. The van der Waals surface area contributed by atoms with Crippen LogP contribution in [0.5, 0.6) is 5.75 Å². The third-order valence-electron chi connectivity index (χ3n) is 6.58. The van der Waals surface area contributed by atoms with E-state index in [9.17, 15) is 22.4 Å². The van der Waals surface area contributed by atoms with Crippen LogP contribution < -0.4 is 10.5 Å². The minimum Gasteiger partial charge on any atom is -0.488 e. The molecule has 0 unspecified atom stereocenters. The molecule has 3 atom stereocenters. The van der Waals surface area contributed by atoms with Crippen LogP contribution in [0.25, 0.3) is 16.6 Å². The van der Waals surface area contributed by atoms with Gasteiger partial charge in [0.2, 0.25) is 0 Å². The molecule has 0 saturated carbocycles. The first-order valence-corrected chi connectivity index (χ1v) is 10.9. The van der Waals surface area contributed by atoms with Crippen LogP contribution in [0, 0.1) is 11.7 Å². The van der Waals surface area contributed by atoms with E-state index in [1.54, 1.807) is 23.0 Å². The van der Waals surface area contributed by atoms with Gasteiger partial charge in [0, 0.05) is 12.1 Å². The molecule has 35 heavy (non-hydrogen) atoms. The van der Waals surface area contributed by atoms with E-state index in [0.717, 1.165) is 6.07 Å². The maximum Gasteiger partial charge on any atom is 0.419 e. The lowest BCUT2D eigenvalue weighted by molar-refractivity contribution is -0.140. The molecule has 2 aliphatic heterocycles. The van der Waals surface area contributed by atoms with Crippen LogP contribution in [0.3, 0.4) is 0 Å². The Kier molecular flexibility index (Phi) is 4.48. The van der Waals surface area contributed by atoms with Gasteiger partial charge in [0.1, 0.15) is 40.2 Å². The van der Waals surface area contributed by atoms with E-state index in [-0.39, 0.29) is 28.7 Å². The number of hydrogen-bond acceptors (Lipinski definition) is 6. The van der Waals surface area contributed by atoms with E-state index in [2.05, 4.69) is 15.0 Å². The third kappa shape index (κ3) is 3.27. The number of piperidine rings is 1. The van der Waals surface area contributed by atoms with Crippen LogP contribution >= 0.6 is 0 Å². The number of fused-ring (bicyclic) bond motifs is 6. The molecular weight excluding hydrogens is 468 g/mol. The third-order valence-corrected chi connectivity index (χ3v) is 6.58. The Labute approximate surface area is 195 Å². The fourth-order valence-electron chi connectivity index (χ4n) is 5.07. The van der Waals surface area contributed by atoms with Crippen molar-refractivity contribution in [3.05, 3.63) is 59.6 Å². The predicted octanol–water partition coefficient (Wildman–Crippen LogP) is 4.00. The molecule has 3 aromatic heterocycles. The molecule has 1 amide bonds. The monoisotopic (exact) mass is 486 g/mol. The number of nitrogen functional groups attached to an aromatic ring is 1. The molecule has 1 saturated heterocycles. The van der Waals surface area contributed by atoms with Gasteiger partial charge < -0.3 is 15.4 Å². The van der Waals surface area contributed by atoms with Crippen molar-refractivity contribution in [2.75, 3.05) is 12.3 Å². The SMILES string of the molecule is C[C@@H]1C[C@@H]2Oc3cc(C(F)(F)F)c(F)cc3[C@@H]2N(C(=O)c2cc3c(cn2)nc(N)c2cncn23)C1. The molecule has 0 bridgehead atoms. The number of amides is 1. The number of halogens is 4. The van der Waals surface area contributed by atoms with E-state index >= 15 is 0 Å². The zero-order chi connectivity index (χ0) is 24.6. The average molecular weight is 486 g/mol. The summed E-state index contributed by atoms with van der Waals surface area (Å²) in [6.07, 6.45) is -0.414. The highest BCUT2D eigenvalue weighted by Crippen LogP contribution is 2.48. The van der Waals surface area contributed by atoms with Gasteiger partial charge in [-0.3, -0.25) is 9.20 Å². The van der Waals surface area contributed by atoms with Crippen molar-refractivity contribution in [2.24, 2.45) is 5.92 Å². The smallest absolute Gasteiger partial charge is 0.419 e. The summed E-state index contributed by atoms with van der Waals surface area (Å²) in [5, 5.41) is 0. The molecule has 1 aromatic carbocycles.